The Morgan fingerprint density at radius 2 is 1.52 bits per heavy atom. The van der Waals surface area contributed by atoms with Crippen LogP contribution in [0, 0.1) is 11.8 Å². The van der Waals surface area contributed by atoms with Crippen LogP contribution in [0.3, 0.4) is 0 Å². The van der Waals surface area contributed by atoms with Crippen LogP contribution in [0.25, 0.3) is 10.8 Å². The summed E-state index contributed by atoms with van der Waals surface area (Å²) in [5.41, 5.74) is 1.79. The van der Waals surface area contributed by atoms with E-state index in [0.717, 1.165) is 29.7 Å². The van der Waals surface area contributed by atoms with Crippen LogP contribution in [0.15, 0.2) is 65.6 Å². The number of urea groups is 1. The number of fused-ring (bicyclic) bond motifs is 2. The molecule has 440 valence electrons. The molecule has 14 N–H and O–H groups in total. The number of ether oxygens (including phenoxy) is 5. The summed E-state index contributed by atoms with van der Waals surface area (Å²) in [6.07, 6.45) is -21.0. The zero-order chi connectivity index (χ0) is 57.4. The highest BCUT2D eigenvalue weighted by Crippen LogP contribution is 2.41. The highest BCUT2D eigenvalue weighted by atomic mass is 32.2. The molecule has 6 aliphatic rings. The summed E-state index contributed by atoms with van der Waals surface area (Å²) in [4.78, 5) is 28.4. The van der Waals surface area contributed by atoms with Gasteiger partial charge in [-0.2, -0.15) is 16.1 Å². The molecule has 6 aliphatic heterocycles. The van der Waals surface area contributed by atoms with Crippen molar-refractivity contribution in [2.45, 2.75) is 139 Å². The number of hydrogen-bond acceptors (Lipinski definition) is 23. The molecule has 9 rings (SSSR count). The molecule has 3 aromatic rings. The second kappa shape index (κ2) is 24.8. The molecule has 1 unspecified atom stereocenters. The predicted molar refractivity (Wildman–Crippen MR) is 284 cm³/mol. The zero-order valence-electron chi connectivity index (χ0n) is 43.7. The van der Waals surface area contributed by atoms with E-state index in [0.29, 0.717) is 23.1 Å². The maximum absolute atomic E-state index is 14.4. The van der Waals surface area contributed by atoms with Gasteiger partial charge in [0.25, 0.3) is 0 Å². The molecule has 0 aliphatic carbocycles. The summed E-state index contributed by atoms with van der Waals surface area (Å²) in [6.45, 7) is -3.40. The minimum Gasteiger partial charge on any atom is -0.391 e. The van der Waals surface area contributed by atoms with E-state index in [-0.39, 0.29) is 66.8 Å². The molecule has 6 saturated heterocycles. The third kappa shape index (κ3) is 12.2. The molecule has 0 spiro atoms. The van der Waals surface area contributed by atoms with Gasteiger partial charge in [-0.05, 0) is 49.2 Å². The van der Waals surface area contributed by atoms with E-state index in [2.05, 4.69) is 27.8 Å². The van der Waals surface area contributed by atoms with Crippen LogP contribution in [0.1, 0.15) is 31.2 Å². The van der Waals surface area contributed by atoms with E-state index in [4.69, 9.17) is 23.7 Å². The molecule has 26 nitrogen and oxygen atoms in total. The Morgan fingerprint density at radius 1 is 0.838 bits per heavy atom. The second-order valence-electron chi connectivity index (χ2n) is 21.0. The number of carbonyl (C=O) groups excluding carboxylic acids is 2. The van der Waals surface area contributed by atoms with Crippen molar-refractivity contribution < 1.29 is 97.9 Å². The number of amides is 3. The number of aliphatic hydroxyl groups excluding tert-OH is 10. The Hall–Kier alpha value is -4.40. The number of unbranched alkanes of at least 4 members (excludes halogenated alkanes) is 1. The lowest BCUT2D eigenvalue weighted by molar-refractivity contribution is -0.407. The highest BCUT2D eigenvalue weighted by Gasteiger charge is 2.65. The van der Waals surface area contributed by atoms with Gasteiger partial charge in [0.05, 0.1) is 30.2 Å². The van der Waals surface area contributed by atoms with Crippen LogP contribution >= 0.6 is 11.8 Å². The number of carbonyl (C=O) groups is 2. The van der Waals surface area contributed by atoms with Crippen molar-refractivity contribution in [2.24, 2.45) is 0 Å². The third-order valence-electron chi connectivity index (χ3n) is 15.6. The topological polar surface area (TPSA) is 383 Å². The van der Waals surface area contributed by atoms with Crippen LogP contribution < -0.4 is 20.9 Å². The van der Waals surface area contributed by atoms with Crippen LogP contribution in [0.2, 0.25) is 0 Å². The van der Waals surface area contributed by atoms with Gasteiger partial charge in [-0.15, -0.1) is 0 Å². The number of aliphatic hydroxyl groups is 11. The molecule has 6 fully saturated rings. The van der Waals surface area contributed by atoms with E-state index < -0.39 is 121 Å². The van der Waals surface area contributed by atoms with Crippen molar-refractivity contribution in [1.82, 2.24) is 19.8 Å². The molecule has 3 amide bonds. The quantitative estimate of drug-likeness (QED) is 0.0329. The summed E-state index contributed by atoms with van der Waals surface area (Å²) < 4.78 is 58.6. The predicted octanol–water partition coefficient (Wildman–Crippen LogP) is -3.93. The van der Waals surface area contributed by atoms with Crippen LogP contribution in [-0.2, 0) is 38.5 Å². The molecule has 6 heterocycles. The monoisotopic (exact) mass is 1160 g/mol. The number of sulfonamides is 1. The largest absolute Gasteiger partial charge is 0.391 e. The Balaban J connectivity index is 0.904. The average molecular weight is 1160 g/mol. The van der Waals surface area contributed by atoms with Gasteiger partial charge in [0.1, 0.15) is 73.7 Å². The first-order valence-corrected chi connectivity index (χ1v) is 28.8. The minimum absolute atomic E-state index is 0.0343. The van der Waals surface area contributed by atoms with E-state index in [1.807, 2.05) is 42.9 Å². The summed E-state index contributed by atoms with van der Waals surface area (Å²) >= 11 is 1.81. The summed E-state index contributed by atoms with van der Waals surface area (Å²) in [5.74, 6) is 1.25. The minimum atomic E-state index is -4.09. The van der Waals surface area contributed by atoms with Gasteiger partial charge in [-0.1, -0.05) is 42.5 Å². The van der Waals surface area contributed by atoms with Crippen molar-refractivity contribution in [3.05, 3.63) is 66.2 Å². The number of nitrogens with zero attached hydrogens (tertiary/aromatic N) is 3. The fourth-order valence-electron chi connectivity index (χ4n) is 11.0. The molecule has 0 bridgehead atoms. The van der Waals surface area contributed by atoms with Gasteiger partial charge in [-0.3, -0.25) is 9.69 Å². The van der Waals surface area contributed by atoms with E-state index >= 15 is 0 Å². The summed E-state index contributed by atoms with van der Waals surface area (Å²) in [7, 11) is -0.364. The smallest absolute Gasteiger partial charge is 0.315 e. The number of anilines is 2. The maximum atomic E-state index is 14.4. The van der Waals surface area contributed by atoms with Crippen molar-refractivity contribution >= 4 is 55.9 Å². The lowest BCUT2D eigenvalue weighted by atomic mass is 9.92. The van der Waals surface area contributed by atoms with Crippen LogP contribution in [0.4, 0.5) is 16.2 Å². The van der Waals surface area contributed by atoms with Crippen LogP contribution in [0.5, 0.6) is 0 Å². The van der Waals surface area contributed by atoms with Gasteiger partial charge in [-0.25, -0.2) is 13.2 Å². The molecule has 80 heavy (non-hydrogen) atoms. The van der Waals surface area contributed by atoms with Crippen LogP contribution in [-0.4, -0.2) is 260 Å². The molecule has 0 saturated carbocycles. The first-order chi connectivity index (χ1) is 38.1. The van der Waals surface area contributed by atoms with Crippen molar-refractivity contribution in [2.75, 3.05) is 76.1 Å². The number of thioether (sulfide) groups is 1. The highest BCUT2D eigenvalue weighted by molar-refractivity contribution is 8.00. The summed E-state index contributed by atoms with van der Waals surface area (Å²) in [5, 5.41) is 129. The molecule has 3 aromatic carbocycles. The molecule has 28 heteroatoms. The SMILES string of the molecule is CN(C)c1cccc2c(S(=O)(=O)N3CCN(C(C#Cc4ccc(NC(=O)CCCC[C@@H]5SC[C@@H]6NC(=O)N[C@@H]65)cc4)[C@H]4O[C@H](OC[C@H]5O[C@H](O[C@]6(CO)O[C@](O)(CO)[C@@H](O)[C@@H]6O)[C@H](O)[C@@H](O)[C@@H]5O)[C@H](O)[C@@H](O)[C@H]4O)CC3)cccc12. The number of piperazine rings is 1. The third-order valence-corrected chi connectivity index (χ3v) is 19.0. The molecular formula is C52H70N6O20S2. The van der Waals surface area contributed by atoms with Crippen molar-refractivity contribution in [3.63, 3.8) is 0 Å². The lowest BCUT2D eigenvalue weighted by Gasteiger charge is -2.47. The van der Waals surface area contributed by atoms with Crippen molar-refractivity contribution in [1.29, 1.82) is 0 Å². The second-order valence-corrected chi connectivity index (χ2v) is 24.2. The first-order valence-electron chi connectivity index (χ1n) is 26.3. The fraction of sp³-hybridized carbons (Fsp3) is 0.615. The van der Waals surface area contributed by atoms with E-state index in [1.165, 1.54) is 4.31 Å². The normalized spacial score (nSPS) is 36.2. The van der Waals surface area contributed by atoms with E-state index in [1.54, 1.807) is 53.4 Å². The Morgan fingerprint density at radius 3 is 2.21 bits per heavy atom. The molecule has 18 atom stereocenters. The summed E-state index contributed by atoms with van der Waals surface area (Å²) in [6, 6.07) is 16.0. The zero-order valence-corrected chi connectivity index (χ0v) is 45.4. The number of benzene rings is 3. The standard InChI is InChI=1S/C52H70N6O20S2/c1-56(2)32-9-5-8-30-29(32)7-6-11-36(30)80(72,73)58-21-19-57(20-22-58)33(18-15-27-13-16-28(17-14-27)53-37(61)12-4-3-10-35-38-31(24-79-35)54-50(70)55-38)45-42(65)41(64)43(66)48(76-45)74-23-34-39(62)40(63)44(67)49(75-34)77-52(26-60)47(69)46(68)51(71,25-59)78-52/h5-9,11,13-14,16-17,31,33-35,38-49,59-60,62-69,71H,3-4,10,12,19-26H2,1-2H3,(H,53,61)(H2,54,55,70)/t31-,33?,34+,35-,38-,39+,40-,41-,42+,43+,44+,45+,46-,47-,48-,49+,51+,52+/m0/s1. The van der Waals surface area contributed by atoms with Crippen molar-refractivity contribution in [3.8, 4) is 11.8 Å². The van der Waals surface area contributed by atoms with Gasteiger partial charge < -0.3 is 101 Å². The number of rotatable bonds is 18. The van der Waals surface area contributed by atoms with Gasteiger partial charge >= 0.3 is 6.03 Å². The maximum Gasteiger partial charge on any atom is 0.315 e. The first kappa shape index (κ1) is 60.2. The van der Waals surface area contributed by atoms with Gasteiger partial charge in [0.2, 0.25) is 27.5 Å². The van der Waals surface area contributed by atoms with Gasteiger partial charge in [0.15, 0.2) is 12.6 Å². The molecular weight excluding hydrogens is 1090 g/mol. The Kier molecular flexibility index (Phi) is 18.7. The fourth-order valence-corrected chi connectivity index (χ4v) is 14.2. The molecule has 0 radical (unpaired) electrons. The number of hydrogen-bond donors (Lipinski definition) is 14. The molecule has 0 aromatic heterocycles. The van der Waals surface area contributed by atoms with E-state index in [9.17, 15) is 74.2 Å². The Labute approximate surface area is 465 Å². The average Bonchev–Trinajstić information content (AvgIpc) is 4.22. The number of nitrogens with one attached hydrogen (secondary N) is 3. The Bertz CT molecular complexity index is 2840. The lowest BCUT2D eigenvalue weighted by Crippen LogP contribution is -2.66. The van der Waals surface area contributed by atoms with Gasteiger partial charge in [0, 0.05) is 85.4 Å².